The molecule has 26 heavy (non-hydrogen) atoms. The molecule has 0 aliphatic heterocycles. The third kappa shape index (κ3) is 6.33. The second-order valence-electron chi connectivity index (χ2n) is 5.99. The Labute approximate surface area is 181 Å². The number of aliphatic hydroxyl groups is 1. The fourth-order valence-electron chi connectivity index (χ4n) is 2.29. The molecular weight excluding hydrogens is 488 g/mol. The zero-order valence-electron chi connectivity index (χ0n) is 14.9. The number of nitrogens with zero attached hydrogens (tertiary/aromatic N) is 1. The van der Waals surface area contributed by atoms with Crippen molar-refractivity contribution >= 4 is 53.1 Å². The fraction of sp³-hybridized carbons (Fsp3) is 0.389. The molecular formula is C18H24Cl2IN3O2. The number of benzene rings is 1. The lowest BCUT2D eigenvalue weighted by Crippen LogP contribution is -2.40. The lowest BCUT2D eigenvalue weighted by atomic mass is 10.0. The van der Waals surface area contributed by atoms with Crippen LogP contribution >= 0.6 is 47.2 Å². The Balaban J connectivity index is 0.00000338. The smallest absolute Gasteiger partial charge is 0.191 e. The van der Waals surface area contributed by atoms with Crippen LogP contribution in [0.25, 0.3) is 0 Å². The second kappa shape index (κ2) is 10.4. The predicted octanol–water partition coefficient (Wildman–Crippen LogP) is 4.73. The number of hydrogen-bond acceptors (Lipinski definition) is 3. The minimum absolute atomic E-state index is 0. The highest BCUT2D eigenvalue weighted by Crippen LogP contribution is 2.25. The van der Waals surface area contributed by atoms with E-state index in [9.17, 15) is 5.11 Å². The summed E-state index contributed by atoms with van der Waals surface area (Å²) in [5.74, 6) is 1.07. The van der Waals surface area contributed by atoms with Gasteiger partial charge in [0.25, 0.3) is 0 Å². The number of halogens is 3. The predicted molar refractivity (Wildman–Crippen MR) is 118 cm³/mol. The molecule has 144 valence electrons. The molecule has 0 fully saturated rings. The van der Waals surface area contributed by atoms with E-state index in [1.165, 1.54) is 6.26 Å². The quantitative estimate of drug-likeness (QED) is 0.298. The maximum Gasteiger partial charge on any atom is 0.191 e. The van der Waals surface area contributed by atoms with Gasteiger partial charge in [-0.1, -0.05) is 29.3 Å². The van der Waals surface area contributed by atoms with Crippen molar-refractivity contribution in [3.8, 4) is 0 Å². The summed E-state index contributed by atoms with van der Waals surface area (Å²) >= 11 is 12.0. The number of rotatable bonds is 6. The molecule has 2 aromatic rings. The molecule has 0 saturated heterocycles. The van der Waals surface area contributed by atoms with Gasteiger partial charge in [0.2, 0.25) is 0 Å². The van der Waals surface area contributed by atoms with Gasteiger partial charge in [0.05, 0.1) is 28.9 Å². The Bertz CT molecular complexity index is 721. The molecule has 0 aliphatic rings. The average Bonchev–Trinajstić information content (AvgIpc) is 3.11. The zero-order valence-corrected chi connectivity index (χ0v) is 18.8. The summed E-state index contributed by atoms with van der Waals surface area (Å²) in [6, 6.07) is 8.93. The van der Waals surface area contributed by atoms with Crippen LogP contribution in [-0.2, 0) is 5.60 Å². The summed E-state index contributed by atoms with van der Waals surface area (Å²) in [5, 5.41) is 18.0. The largest absolute Gasteiger partial charge is 0.466 e. The van der Waals surface area contributed by atoms with E-state index in [0.29, 0.717) is 28.3 Å². The van der Waals surface area contributed by atoms with Gasteiger partial charge in [0.15, 0.2) is 5.96 Å². The van der Waals surface area contributed by atoms with Gasteiger partial charge in [-0.25, -0.2) is 4.99 Å². The first-order valence-corrected chi connectivity index (χ1v) is 8.85. The Kier molecular flexibility index (Phi) is 9.23. The van der Waals surface area contributed by atoms with E-state index in [4.69, 9.17) is 27.6 Å². The van der Waals surface area contributed by atoms with E-state index in [2.05, 4.69) is 15.6 Å². The summed E-state index contributed by atoms with van der Waals surface area (Å²) in [5.41, 5.74) is -0.198. The third-order valence-corrected chi connectivity index (χ3v) is 4.48. The number of aliphatic imine (C=N–C) groups is 1. The second-order valence-corrected chi connectivity index (χ2v) is 6.80. The van der Waals surface area contributed by atoms with Crippen molar-refractivity contribution in [3.63, 3.8) is 0 Å². The minimum atomic E-state index is -1.18. The molecule has 2 atom stereocenters. The van der Waals surface area contributed by atoms with Crippen LogP contribution in [-0.4, -0.2) is 24.2 Å². The first-order valence-electron chi connectivity index (χ1n) is 8.09. The van der Waals surface area contributed by atoms with E-state index in [0.717, 1.165) is 5.56 Å². The highest BCUT2D eigenvalue weighted by Gasteiger charge is 2.26. The van der Waals surface area contributed by atoms with Crippen LogP contribution in [0.2, 0.25) is 10.0 Å². The summed E-state index contributed by atoms with van der Waals surface area (Å²) in [6.45, 7) is 6.50. The van der Waals surface area contributed by atoms with Crippen LogP contribution in [0.1, 0.15) is 38.1 Å². The maximum atomic E-state index is 10.5. The highest BCUT2D eigenvalue weighted by molar-refractivity contribution is 14.0. The van der Waals surface area contributed by atoms with Gasteiger partial charge in [-0.2, -0.15) is 0 Å². The Morgan fingerprint density at radius 2 is 2.04 bits per heavy atom. The lowest BCUT2D eigenvalue weighted by Gasteiger charge is -2.22. The molecule has 1 heterocycles. The number of furan rings is 1. The molecule has 2 unspecified atom stereocenters. The molecule has 1 aromatic heterocycles. The average molecular weight is 512 g/mol. The lowest BCUT2D eigenvalue weighted by molar-refractivity contribution is 0.0437. The molecule has 0 spiro atoms. The normalized spacial score (nSPS) is 14.9. The molecule has 0 radical (unpaired) electrons. The molecule has 1 aromatic carbocycles. The molecule has 0 bridgehead atoms. The third-order valence-electron chi connectivity index (χ3n) is 3.74. The number of guanidine groups is 1. The van der Waals surface area contributed by atoms with Gasteiger partial charge >= 0.3 is 0 Å². The molecule has 2 rings (SSSR count). The van der Waals surface area contributed by atoms with Crippen molar-refractivity contribution < 1.29 is 9.52 Å². The summed E-state index contributed by atoms with van der Waals surface area (Å²) < 4.78 is 5.28. The van der Waals surface area contributed by atoms with Gasteiger partial charge < -0.3 is 20.2 Å². The molecule has 0 aliphatic carbocycles. The van der Waals surface area contributed by atoms with Crippen LogP contribution in [0.3, 0.4) is 0 Å². The van der Waals surface area contributed by atoms with Crippen molar-refractivity contribution in [1.29, 1.82) is 0 Å². The van der Waals surface area contributed by atoms with Gasteiger partial charge in [-0.15, -0.1) is 24.0 Å². The van der Waals surface area contributed by atoms with Gasteiger partial charge in [0, 0.05) is 6.54 Å². The Hall–Kier alpha value is -0.960. The van der Waals surface area contributed by atoms with Crippen molar-refractivity contribution in [1.82, 2.24) is 10.6 Å². The number of nitrogens with one attached hydrogen (secondary N) is 2. The van der Waals surface area contributed by atoms with Crippen LogP contribution in [0.5, 0.6) is 0 Å². The first-order chi connectivity index (χ1) is 11.8. The van der Waals surface area contributed by atoms with E-state index in [1.54, 1.807) is 25.1 Å². The van der Waals surface area contributed by atoms with Crippen molar-refractivity contribution in [2.75, 3.05) is 13.1 Å². The van der Waals surface area contributed by atoms with Crippen LogP contribution < -0.4 is 10.6 Å². The minimum Gasteiger partial charge on any atom is -0.466 e. The summed E-state index contributed by atoms with van der Waals surface area (Å²) in [7, 11) is 0. The standard InChI is InChI=1S/C18H23Cl2N3O2.HI/c1-4-21-17(22-11-18(3,24)16-6-5-9-25-16)23-12(2)13-7-8-14(19)15(20)10-13;/h5-10,12,24H,4,11H2,1-3H3,(H2,21,22,23);1H. The highest BCUT2D eigenvalue weighted by atomic mass is 127. The molecule has 8 heteroatoms. The van der Waals surface area contributed by atoms with Gasteiger partial charge in [-0.05, 0) is 50.6 Å². The molecule has 5 nitrogen and oxygen atoms in total. The molecule has 0 amide bonds. The van der Waals surface area contributed by atoms with E-state index >= 15 is 0 Å². The van der Waals surface area contributed by atoms with Crippen molar-refractivity contribution in [3.05, 3.63) is 58.0 Å². The zero-order chi connectivity index (χ0) is 18.4. The van der Waals surface area contributed by atoms with Crippen molar-refractivity contribution in [2.24, 2.45) is 4.99 Å². The van der Waals surface area contributed by atoms with Gasteiger partial charge in [-0.3, -0.25) is 0 Å². The fourth-order valence-corrected chi connectivity index (χ4v) is 2.59. The summed E-state index contributed by atoms with van der Waals surface area (Å²) in [6.07, 6.45) is 1.53. The van der Waals surface area contributed by atoms with Crippen LogP contribution in [0.15, 0.2) is 46.0 Å². The maximum absolute atomic E-state index is 10.5. The van der Waals surface area contributed by atoms with Gasteiger partial charge in [0.1, 0.15) is 11.4 Å². The van der Waals surface area contributed by atoms with Crippen LogP contribution in [0.4, 0.5) is 0 Å². The number of hydrogen-bond donors (Lipinski definition) is 3. The monoisotopic (exact) mass is 511 g/mol. The van der Waals surface area contributed by atoms with Crippen LogP contribution in [0, 0.1) is 0 Å². The molecule has 3 N–H and O–H groups in total. The molecule has 0 saturated carbocycles. The summed E-state index contributed by atoms with van der Waals surface area (Å²) in [4.78, 5) is 4.47. The first kappa shape index (κ1) is 23.1. The van der Waals surface area contributed by atoms with E-state index in [1.807, 2.05) is 26.0 Å². The Morgan fingerprint density at radius 3 is 2.62 bits per heavy atom. The van der Waals surface area contributed by atoms with E-state index < -0.39 is 5.60 Å². The van der Waals surface area contributed by atoms with Crippen molar-refractivity contribution in [2.45, 2.75) is 32.4 Å². The topological polar surface area (TPSA) is 69.8 Å². The Morgan fingerprint density at radius 1 is 1.31 bits per heavy atom. The van der Waals surface area contributed by atoms with E-state index in [-0.39, 0.29) is 36.6 Å². The SMILES string of the molecule is CCNC(=NCC(C)(O)c1ccco1)NC(C)c1ccc(Cl)c(Cl)c1.I.